The van der Waals surface area contributed by atoms with E-state index in [0.717, 1.165) is 6.42 Å². The maximum absolute atomic E-state index is 11.1. The molecule has 0 bridgehead atoms. The van der Waals surface area contributed by atoms with E-state index in [4.69, 9.17) is 9.84 Å². The fraction of sp³-hybridized carbons (Fsp3) is 0.778. The summed E-state index contributed by atoms with van der Waals surface area (Å²) in [5, 5.41) is 8.40. The minimum atomic E-state index is -0.797. The maximum atomic E-state index is 11.1. The van der Waals surface area contributed by atoms with Crippen LogP contribution in [0.4, 0.5) is 0 Å². The molecule has 74 valence electrons. The molecule has 0 aromatic rings. The van der Waals surface area contributed by atoms with Crippen molar-refractivity contribution in [3.05, 3.63) is 0 Å². The molecule has 4 heteroatoms. The monoisotopic (exact) mass is 186 g/mol. The quantitative estimate of drug-likeness (QED) is 0.652. The normalized spacial score (nSPS) is 25.3. The van der Waals surface area contributed by atoms with E-state index in [1.165, 1.54) is 0 Å². The summed E-state index contributed by atoms with van der Waals surface area (Å²) >= 11 is 0. The molecule has 1 rings (SSSR count). The Kier molecular flexibility index (Phi) is 3.28. The van der Waals surface area contributed by atoms with E-state index in [0.29, 0.717) is 13.0 Å². The van der Waals surface area contributed by atoms with Crippen molar-refractivity contribution in [1.82, 2.24) is 0 Å². The summed E-state index contributed by atoms with van der Waals surface area (Å²) in [6, 6.07) is 0. The Bertz CT molecular complexity index is 212. The predicted molar refractivity (Wildman–Crippen MR) is 45.1 cm³/mol. The number of ether oxygens (including phenoxy) is 1. The van der Waals surface area contributed by atoms with Crippen LogP contribution in [0.1, 0.15) is 26.2 Å². The summed E-state index contributed by atoms with van der Waals surface area (Å²) < 4.78 is 4.82. The lowest BCUT2D eigenvalue weighted by atomic mass is 10.2. The molecule has 4 nitrogen and oxygen atoms in total. The Balaban J connectivity index is 2.15. The van der Waals surface area contributed by atoms with Crippen LogP contribution in [0.5, 0.6) is 0 Å². The summed E-state index contributed by atoms with van der Waals surface area (Å²) in [4.78, 5) is 21.3. The Morgan fingerprint density at radius 2 is 2.23 bits per heavy atom. The average Bonchev–Trinajstić information content (AvgIpc) is 2.80. The van der Waals surface area contributed by atoms with Gasteiger partial charge in [-0.2, -0.15) is 0 Å². The van der Waals surface area contributed by atoms with E-state index in [-0.39, 0.29) is 24.2 Å². The molecule has 13 heavy (non-hydrogen) atoms. The summed E-state index contributed by atoms with van der Waals surface area (Å²) in [6.07, 6.45) is 1.55. The summed E-state index contributed by atoms with van der Waals surface area (Å²) in [5.41, 5.74) is 0. The molecule has 0 aromatic carbocycles. The first-order chi connectivity index (χ1) is 6.15. The van der Waals surface area contributed by atoms with Gasteiger partial charge < -0.3 is 9.84 Å². The third-order valence-corrected chi connectivity index (χ3v) is 2.24. The number of hydrogen-bond donors (Lipinski definition) is 1. The van der Waals surface area contributed by atoms with Crippen LogP contribution in [0.25, 0.3) is 0 Å². The highest BCUT2D eigenvalue weighted by Gasteiger charge is 2.43. The second kappa shape index (κ2) is 4.25. The van der Waals surface area contributed by atoms with Gasteiger partial charge in [-0.05, 0) is 25.7 Å². The number of carboxylic acids is 1. The highest BCUT2D eigenvalue weighted by molar-refractivity contribution is 5.76. The number of carboxylic acid groups (broad SMARTS) is 1. The molecule has 0 amide bonds. The number of carbonyl (C=O) groups is 2. The third kappa shape index (κ3) is 3.05. The Morgan fingerprint density at radius 3 is 2.77 bits per heavy atom. The fourth-order valence-corrected chi connectivity index (χ4v) is 1.41. The highest BCUT2D eigenvalue weighted by Crippen LogP contribution is 2.42. The van der Waals surface area contributed by atoms with Crippen LogP contribution in [0.2, 0.25) is 0 Å². The summed E-state index contributed by atoms with van der Waals surface area (Å²) in [5.74, 6) is -0.748. The first-order valence-corrected chi connectivity index (χ1v) is 4.53. The number of esters is 1. The first-order valence-electron chi connectivity index (χ1n) is 4.53. The molecular formula is C9H14O4. The lowest BCUT2D eigenvalue weighted by molar-refractivity contribution is -0.145. The molecule has 0 radical (unpaired) electrons. The molecule has 1 aliphatic carbocycles. The average molecular weight is 186 g/mol. The van der Waals surface area contributed by atoms with Crippen molar-refractivity contribution >= 4 is 11.9 Å². The standard InChI is InChI=1S/C9H14O4/c1-2-13-9(12)7-5-6(7)3-4-8(10)11/h6-7H,2-5H2,1H3,(H,10,11). The van der Waals surface area contributed by atoms with Crippen molar-refractivity contribution in [1.29, 1.82) is 0 Å². The lowest BCUT2D eigenvalue weighted by Crippen LogP contribution is -2.08. The van der Waals surface area contributed by atoms with Crippen molar-refractivity contribution in [3.63, 3.8) is 0 Å². The van der Waals surface area contributed by atoms with Gasteiger partial charge in [0.05, 0.1) is 12.5 Å². The van der Waals surface area contributed by atoms with Crippen molar-refractivity contribution < 1.29 is 19.4 Å². The van der Waals surface area contributed by atoms with Gasteiger partial charge in [0.15, 0.2) is 0 Å². The molecule has 0 heterocycles. The molecule has 0 saturated heterocycles. The topological polar surface area (TPSA) is 63.6 Å². The van der Waals surface area contributed by atoms with Crippen molar-refractivity contribution in [3.8, 4) is 0 Å². The molecule has 0 spiro atoms. The molecule has 1 saturated carbocycles. The highest BCUT2D eigenvalue weighted by atomic mass is 16.5. The third-order valence-electron chi connectivity index (χ3n) is 2.24. The van der Waals surface area contributed by atoms with E-state index in [1.54, 1.807) is 6.92 Å². The minimum Gasteiger partial charge on any atom is -0.481 e. The fourth-order valence-electron chi connectivity index (χ4n) is 1.41. The zero-order chi connectivity index (χ0) is 9.84. The number of hydrogen-bond acceptors (Lipinski definition) is 3. The van der Waals surface area contributed by atoms with Gasteiger partial charge in [-0.25, -0.2) is 0 Å². The van der Waals surface area contributed by atoms with Gasteiger partial charge in [-0.1, -0.05) is 0 Å². The van der Waals surface area contributed by atoms with Crippen LogP contribution < -0.4 is 0 Å². The smallest absolute Gasteiger partial charge is 0.309 e. The maximum Gasteiger partial charge on any atom is 0.309 e. The van der Waals surface area contributed by atoms with Gasteiger partial charge >= 0.3 is 11.9 Å². The molecule has 1 aliphatic rings. The molecule has 2 atom stereocenters. The van der Waals surface area contributed by atoms with E-state index in [9.17, 15) is 9.59 Å². The second-order valence-corrected chi connectivity index (χ2v) is 3.29. The number of rotatable bonds is 5. The van der Waals surface area contributed by atoms with E-state index in [1.807, 2.05) is 0 Å². The molecule has 0 aromatic heterocycles. The van der Waals surface area contributed by atoms with Gasteiger partial charge in [-0.3, -0.25) is 9.59 Å². The Hall–Kier alpha value is -1.06. The van der Waals surface area contributed by atoms with E-state index >= 15 is 0 Å². The Morgan fingerprint density at radius 1 is 1.54 bits per heavy atom. The van der Waals surface area contributed by atoms with Crippen LogP contribution in [-0.4, -0.2) is 23.7 Å². The van der Waals surface area contributed by atoms with Gasteiger partial charge in [-0.15, -0.1) is 0 Å². The van der Waals surface area contributed by atoms with Crippen LogP contribution in [-0.2, 0) is 14.3 Å². The lowest BCUT2D eigenvalue weighted by Gasteiger charge is -1.99. The number of aliphatic carboxylic acids is 1. The Labute approximate surface area is 76.9 Å². The first kappa shape index (κ1) is 10.0. The van der Waals surface area contributed by atoms with Crippen LogP contribution in [0.3, 0.4) is 0 Å². The molecular weight excluding hydrogens is 172 g/mol. The molecule has 1 fully saturated rings. The summed E-state index contributed by atoms with van der Waals surface area (Å²) in [6.45, 7) is 2.17. The van der Waals surface area contributed by atoms with E-state index < -0.39 is 5.97 Å². The molecule has 0 aliphatic heterocycles. The predicted octanol–water partition coefficient (Wildman–Crippen LogP) is 1.05. The SMILES string of the molecule is CCOC(=O)C1CC1CCC(=O)O. The van der Waals surface area contributed by atoms with Crippen LogP contribution in [0.15, 0.2) is 0 Å². The summed E-state index contributed by atoms with van der Waals surface area (Å²) in [7, 11) is 0. The zero-order valence-electron chi connectivity index (χ0n) is 7.66. The van der Waals surface area contributed by atoms with Crippen LogP contribution in [0, 0.1) is 11.8 Å². The van der Waals surface area contributed by atoms with Gasteiger partial charge in [0, 0.05) is 6.42 Å². The number of carbonyl (C=O) groups excluding carboxylic acids is 1. The van der Waals surface area contributed by atoms with Crippen molar-refractivity contribution in [2.24, 2.45) is 11.8 Å². The minimum absolute atomic E-state index is 0.0284. The molecule has 1 N–H and O–H groups in total. The zero-order valence-corrected chi connectivity index (χ0v) is 7.66. The van der Waals surface area contributed by atoms with Crippen molar-refractivity contribution in [2.45, 2.75) is 26.2 Å². The van der Waals surface area contributed by atoms with Gasteiger partial charge in [0.2, 0.25) is 0 Å². The molecule has 2 unspecified atom stereocenters. The van der Waals surface area contributed by atoms with Crippen LogP contribution >= 0.6 is 0 Å². The van der Waals surface area contributed by atoms with Gasteiger partial charge in [0.25, 0.3) is 0 Å². The van der Waals surface area contributed by atoms with Gasteiger partial charge in [0.1, 0.15) is 0 Å². The largest absolute Gasteiger partial charge is 0.481 e. The van der Waals surface area contributed by atoms with E-state index in [2.05, 4.69) is 0 Å². The van der Waals surface area contributed by atoms with Crippen molar-refractivity contribution in [2.75, 3.05) is 6.61 Å². The second-order valence-electron chi connectivity index (χ2n) is 3.29.